The summed E-state index contributed by atoms with van der Waals surface area (Å²) < 4.78 is 13.8. The monoisotopic (exact) mass is 177 g/mol. The first kappa shape index (κ1) is 7.93. The van der Waals surface area contributed by atoms with E-state index in [-0.39, 0.29) is 5.54 Å². The molecule has 3 nitrogen and oxygen atoms in total. The van der Waals surface area contributed by atoms with E-state index in [4.69, 9.17) is 9.05 Å². The van der Waals surface area contributed by atoms with Gasteiger partial charge in [-0.1, -0.05) is 0 Å². The summed E-state index contributed by atoms with van der Waals surface area (Å²) in [5.41, 5.74) is 0.206. The van der Waals surface area contributed by atoms with Gasteiger partial charge >= 0.3 is 67.4 Å². The Bertz CT molecular complexity index is 185. The Kier molecular flexibility index (Phi) is 1.56. The van der Waals surface area contributed by atoms with Crippen LogP contribution in [0.4, 0.5) is 0 Å². The van der Waals surface area contributed by atoms with Gasteiger partial charge in [0.25, 0.3) is 0 Å². The van der Waals surface area contributed by atoms with Crippen molar-refractivity contribution >= 4 is 7.87 Å². The van der Waals surface area contributed by atoms with E-state index in [1.165, 1.54) is 0 Å². The molecule has 2 heterocycles. The molecule has 0 aromatic rings. The van der Waals surface area contributed by atoms with Gasteiger partial charge in [-0.2, -0.15) is 0 Å². The summed E-state index contributed by atoms with van der Waals surface area (Å²) in [4.78, 5) is 0. The predicted molar refractivity (Wildman–Crippen MR) is 46.9 cm³/mol. The fourth-order valence-corrected chi connectivity index (χ4v) is 5.12. The van der Waals surface area contributed by atoms with E-state index < -0.39 is 7.87 Å². The first-order chi connectivity index (χ1) is 5.05. The molecule has 2 saturated heterocycles. The fourth-order valence-electron chi connectivity index (χ4n) is 1.97. The van der Waals surface area contributed by atoms with Gasteiger partial charge in [0.15, 0.2) is 0 Å². The van der Waals surface area contributed by atoms with Crippen LogP contribution in [0.1, 0.15) is 13.8 Å². The van der Waals surface area contributed by atoms with Crippen LogP contribution in [0.5, 0.6) is 0 Å². The summed E-state index contributed by atoms with van der Waals surface area (Å²) in [6, 6.07) is 0. The number of hydrogen-bond donors (Lipinski definition) is 0. The van der Waals surface area contributed by atoms with E-state index in [2.05, 4.69) is 25.2 Å². The predicted octanol–water partition coefficient (Wildman–Crippen LogP) is 1.25. The summed E-state index contributed by atoms with van der Waals surface area (Å²) in [5, 5.41) is 0. The Morgan fingerprint density at radius 2 is 2.09 bits per heavy atom. The summed E-state index contributed by atoms with van der Waals surface area (Å²) in [7, 11) is -1.85. The van der Waals surface area contributed by atoms with E-state index in [0.29, 0.717) is 0 Å². The number of rotatable bonds is 0. The molecule has 4 heteroatoms. The van der Waals surface area contributed by atoms with Crippen molar-refractivity contribution < 1.29 is 9.05 Å². The van der Waals surface area contributed by atoms with E-state index in [0.717, 1.165) is 19.8 Å². The molecule has 0 aromatic heterocycles. The average Bonchev–Trinajstić information content (AvgIpc) is 2.36. The van der Waals surface area contributed by atoms with E-state index in [9.17, 15) is 0 Å². The zero-order valence-corrected chi connectivity index (χ0v) is 8.39. The normalized spacial score (nSPS) is 37.0. The number of fused-ring (bicyclic) bond motifs is 1. The first-order valence-corrected chi connectivity index (χ1v) is 6.37. The molecule has 0 atom stereocenters. The molecule has 0 aliphatic carbocycles. The molecule has 0 spiro atoms. The van der Waals surface area contributed by atoms with Crippen LogP contribution in [-0.4, -0.2) is 36.6 Å². The van der Waals surface area contributed by atoms with Gasteiger partial charge in [-0.15, -0.1) is 0 Å². The van der Waals surface area contributed by atoms with Crippen molar-refractivity contribution in [2.24, 2.45) is 0 Å². The van der Waals surface area contributed by atoms with Crippen LogP contribution in [0.15, 0.2) is 0 Å². The molecule has 2 fully saturated rings. The number of hydrogen-bond acceptors (Lipinski definition) is 3. The second kappa shape index (κ2) is 2.17. The molecular weight excluding hydrogens is 161 g/mol. The third kappa shape index (κ3) is 1.03. The molecule has 2 aliphatic rings. The van der Waals surface area contributed by atoms with E-state index >= 15 is 0 Å². The summed E-state index contributed by atoms with van der Waals surface area (Å²) in [6.45, 7) is 9.31. The van der Waals surface area contributed by atoms with Crippen molar-refractivity contribution in [1.82, 2.24) is 4.67 Å². The Morgan fingerprint density at radius 1 is 1.36 bits per heavy atom. The molecule has 66 valence electrons. The van der Waals surface area contributed by atoms with Gasteiger partial charge in [-0.05, 0) is 0 Å². The van der Waals surface area contributed by atoms with Crippen LogP contribution in [-0.2, 0) is 9.05 Å². The van der Waals surface area contributed by atoms with Crippen LogP contribution < -0.4 is 0 Å². The van der Waals surface area contributed by atoms with Crippen LogP contribution in [0, 0.1) is 0 Å². The Labute approximate surface area is 68.2 Å². The summed E-state index contributed by atoms with van der Waals surface area (Å²) in [6.07, 6.45) is 0. The van der Waals surface area contributed by atoms with Crippen LogP contribution in [0.2, 0.25) is 0 Å². The zero-order chi connectivity index (χ0) is 8.11. The van der Waals surface area contributed by atoms with E-state index in [1.54, 1.807) is 0 Å². The minimum absolute atomic E-state index is 0.206. The van der Waals surface area contributed by atoms with Gasteiger partial charge in [0.1, 0.15) is 0 Å². The fraction of sp³-hybridized carbons (Fsp3) is 1.00. The maximum atomic E-state index is 5.72. The average molecular weight is 177 g/mol. The van der Waals surface area contributed by atoms with Crippen LogP contribution in [0.3, 0.4) is 0 Å². The van der Waals surface area contributed by atoms with Crippen molar-refractivity contribution in [3.63, 3.8) is 0 Å². The quantitative estimate of drug-likeness (QED) is 0.520. The second-order valence-corrected chi connectivity index (χ2v) is 6.91. The van der Waals surface area contributed by atoms with Gasteiger partial charge in [-0.3, -0.25) is 0 Å². The van der Waals surface area contributed by atoms with Gasteiger partial charge in [-0.25, -0.2) is 0 Å². The standard InChI is InChI=1S/C7H16NO2P/c1-7(2)6-10-11(3)8(7)4-5-9-11/h11H,4-6H2,1-3H3. The second-order valence-electron chi connectivity index (χ2n) is 4.00. The van der Waals surface area contributed by atoms with Gasteiger partial charge in [0.2, 0.25) is 0 Å². The zero-order valence-electron chi connectivity index (χ0n) is 7.39. The molecule has 0 radical (unpaired) electrons. The molecule has 0 amide bonds. The van der Waals surface area contributed by atoms with Gasteiger partial charge in [0.05, 0.1) is 0 Å². The third-order valence-electron chi connectivity index (χ3n) is 2.60. The van der Waals surface area contributed by atoms with Gasteiger partial charge in [0, 0.05) is 0 Å². The Balaban J connectivity index is 2.26. The summed E-state index contributed by atoms with van der Waals surface area (Å²) >= 11 is 0. The van der Waals surface area contributed by atoms with Crippen molar-refractivity contribution in [3.05, 3.63) is 0 Å². The third-order valence-corrected chi connectivity index (χ3v) is 5.83. The molecule has 0 aromatic carbocycles. The van der Waals surface area contributed by atoms with Crippen LogP contribution >= 0.6 is 7.87 Å². The SMILES string of the molecule is CC1(C)CO[PH]2(C)OCCN12. The summed E-state index contributed by atoms with van der Waals surface area (Å²) in [5.74, 6) is 0. The molecule has 0 N–H and O–H groups in total. The topological polar surface area (TPSA) is 21.7 Å². The molecule has 11 heavy (non-hydrogen) atoms. The Hall–Kier alpha value is 0.310. The molecule has 0 bridgehead atoms. The molecule has 2 aliphatic heterocycles. The van der Waals surface area contributed by atoms with Gasteiger partial charge < -0.3 is 0 Å². The molecule has 0 unspecified atom stereocenters. The minimum atomic E-state index is -1.85. The Morgan fingerprint density at radius 3 is 2.73 bits per heavy atom. The molecular formula is C7H16NO2P. The first-order valence-electron chi connectivity index (χ1n) is 4.10. The molecule has 0 saturated carbocycles. The maximum absolute atomic E-state index is 5.72. The van der Waals surface area contributed by atoms with Crippen molar-refractivity contribution in [2.75, 3.05) is 26.4 Å². The van der Waals surface area contributed by atoms with Crippen LogP contribution in [0.25, 0.3) is 0 Å². The van der Waals surface area contributed by atoms with Crippen molar-refractivity contribution in [1.29, 1.82) is 0 Å². The van der Waals surface area contributed by atoms with Crippen molar-refractivity contribution in [3.8, 4) is 0 Å². The van der Waals surface area contributed by atoms with E-state index in [1.807, 2.05) is 0 Å². The molecule has 2 rings (SSSR count). The number of nitrogens with zero attached hydrogens (tertiary/aromatic N) is 1. The van der Waals surface area contributed by atoms with Crippen molar-refractivity contribution in [2.45, 2.75) is 19.4 Å².